The van der Waals surface area contributed by atoms with Crippen molar-refractivity contribution in [2.75, 3.05) is 6.54 Å². The zero-order valence-corrected chi connectivity index (χ0v) is 13.2. The fraction of sp³-hybridized carbons (Fsp3) is 0.667. The molecule has 2 heterocycles. The lowest BCUT2D eigenvalue weighted by Gasteiger charge is -2.38. The Bertz CT molecular complexity index is 476. The summed E-state index contributed by atoms with van der Waals surface area (Å²) in [5, 5.41) is 3.70. The number of piperidine rings is 1. The van der Waals surface area contributed by atoms with Crippen LogP contribution in [0.4, 0.5) is 4.39 Å². The van der Waals surface area contributed by atoms with E-state index in [9.17, 15) is 4.39 Å². The van der Waals surface area contributed by atoms with Crippen LogP contribution in [0.25, 0.3) is 0 Å². The molecule has 2 aliphatic heterocycles. The van der Waals surface area contributed by atoms with Gasteiger partial charge in [-0.1, -0.05) is 24.6 Å². The van der Waals surface area contributed by atoms with Crippen LogP contribution in [0.15, 0.2) is 18.2 Å². The smallest absolute Gasteiger partial charge is 0.127 e. The highest BCUT2D eigenvalue weighted by Crippen LogP contribution is 2.30. The first-order valence-electron chi connectivity index (χ1n) is 8.41. The number of aryl methyl sites for hydroxylation is 1. The Labute approximate surface area is 127 Å². The molecule has 1 aromatic rings. The Balaban J connectivity index is 1.73. The van der Waals surface area contributed by atoms with Crippen LogP contribution in [0.2, 0.25) is 0 Å². The molecule has 0 amide bonds. The zero-order chi connectivity index (χ0) is 14.8. The van der Waals surface area contributed by atoms with E-state index in [1.54, 1.807) is 6.07 Å². The Kier molecular flexibility index (Phi) is 4.60. The highest BCUT2D eigenvalue weighted by Gasteiger charge is 2.35. The Morgan fingerprint density at radius 3 is 2.62 bits per heavy atom. The third-order valence-electron chi connectivity index (χ3n) is 5.05. The Morgan fingerprint density at radius 2 is 1.95 bits per heavy atom. The third-order valence-corrected chi connectivity index (χ3v) is 5.05. The summed E-state index contributed by atoms with van der Waals surface area (Å²) in [7, 11) is 0. The van der Waals surface area contributed by atoms with Gasteiger partial charge in [0.15, 0.2) is 0 Å². The highest BCUT2D eigenvalue weighted by molar-refractivity contribution is 5.24. The average molecular weight is 290 g/mol. The summed E-state index contributed by atoms with van der Waals surface area (Å²) in [5.74, 6) is -0.0568. The molecule has 2 bridgehead atoms. The van der Waals surface area contributed by atoms with Gasteiger partial charge in [0.25, 0.3) is 0 Å². The van der Waals surface area contributed by atoms with Gasteiger partial charge in [0.1, 0.15) is 5.82 Å². The standard InChI is InChI=1S/C18H27FN2/c1-3-8-21(12-14-9-13(2)4-7-18(14)19)17-10-15-5-6-16(11-17)20-15/h4,7,9,15-17,20H,3,5-6,8,10-12H2,1-2H3. The molecule has 0 aliphatic carbocycles. The second-order valence-corrected chi connectivity index (χ2v) is 6.83. The molecule has 1 N–H and O–H groups in total. The van der Waals surface area contributed by atoms with Gasteiger partial charge in [0.05, 0.1) is 0 Å². The quantitative estimate of drug-likeness (QED) is 0.891. The van der Waals surface area contributed by atoms with Crippen molar-refractivity contribution in [3.8, 4) is 0 Å². The van der Waals surface area contributed by atoms with E-state index in [1.807, 2.05) is 19.1 Å². The highest BCUT2D eigenvalue weighted by atomic mass is 19.1. The van der Waals surface area contributed by atoms with E-state index in [1.165, 1.54) is 25.7 Å². The van der Waals surface area contributed by atoms with Crippen molar-refractivity contribution in [2.45, 2.75) is 70.6 Å². The first-order valence-corrected chi connectivity index (χ1v) is 8.41. The maximum absolute atomic E-state index is 14.1. The molecular weight excluding hydrogens is 263 g/mol. The van der Waals surface area contributed by atoms with Crippen LogP contribution < -0.4 is 5.32 Å². The average Bonchev–Trinajstić information content (AvgIpc) is 2.81. The minimum atomic E-state index is -0.0568. The van der Waals surface area contributed by atoms with Crippen LogP contribution in [0, 0.1) is 12.7 Å². The number of halogens is 1. The van der Waals surface area contributed by atoms with Crippen LogP contribution in [0.5, 0.6) is 0 Å². The van der Waals surface area contributed by atoms with Crippen molar-refractivity contribution in [3.63, 3.8) is 0 Å². The summed E-state index contributed by atoms with van der Waals surface area (Å²) < 4.78 is 14.1. The fourth-order valence-electron chi connectivity index (χ4n) is 4.05. The Hall–Kier alpha value is -0.930. The number of nitrogens with zero attached hydrogens (tertiary/aromatic N) is 1. The molecule has 21 heavy (non-hydrogen) atoms. The molecule has 2 atom stereocenters. The first kappa shape index (κ1) is 15.0. The molecule has 2 unspecified atom stereocenters. The molecule has 0 saturated carbocycles. The number of fused-ring (bicyclic) bond motifs is 2. The van der Waals surface area contributed by atoms with Crippen molar-refractivity contribution >= 4 is 0 Å². The molecule has 3 rings (SSSR count). The van der Waals surface area contributed by atoms with Crippen LogP contribution in [-0.4, -0.2) is 29.6 Å². The van der Waals surface area contributed by atoms with Gasteiger partial charge in [-0.2, -0.15) is 0 Å². The lowest BCUT2D eigenvalue weighted by molar-refractivity contribution is 0.132. The minimum absolute atomic E-state index is 0.0568. The SMILES string of the molecule is CCCN(Cc1cc(C)ccc1F)C1CC2CCC(C1)N2. The van der Waals surface area contributed by atoms with Crippen molar-refractivity contribution in [1.82, 2.24) is 10.2 Å². The molecule has 1 aromatic carbocycles. The van der Waals surface area contributed by atoms with Crippen LogP contribution in [-0.2, 0) is 6.54 Å². The molecule has 2 saturated heterocycles. The fourth-order valence-corrected chi connectivity index (χ4v) is 4.05. The largest absolute Gasteiger partial charge is 0.311 e. The molecule has 3 heteroatoms. The minimum Gasteiger partial charge on any atom is -0.311 e. The summed E-state index contributed by atoms with van der Waals surface area (Å²) in [6.45, 7) is 6.08. The molecule has 0 radical (unpaired) electrons. The van der Waals surface area contributed by atoms with Crippen molar-refractivity contribution < 1.29 is 4.39 Å². The van der Waals surface area contributed by atoms with E-state index < -0.39 is 0 Å². The maximum atomic E-state index is 14.1. The molecule has 116 valence electrons. The van der Waals surface area contributed by atoms with Gasteiger partial charge in [0, 0.05) is 30.2 Å². The van der Waals surface area contributed by atoms with Crippen LogP contribution in [0.1, 0.15) is 50.2 Å². The van der Waals surface area contributed by atoms with E-state index in [-0.39, 0.29) is 5.82 Å². The van der Waals surface area contributed by atoms with E-state index in [2.05, 4.69) is 17.1 Å². The third kappa shape index (κ3) is 3.46. The summed E-state index contributed by atoms with van der Waals surface area (Å²) >= 11 is 0. The van der Waals surface area contributed by atoms with Gasteiger partial charge >= 0.3 is 0 Å². The van der Waals surface area contributed by atoms with E-state index in [4.69, 9.17) is 0 Å². The number of benzene rings is 1. The molecule has 2 fully saturated rings. The summed E-state index contributed by atoms with van der Waals surface area (Å²) in [6, 6.07) is 7.47. The van der Waals surface area contributed by atoms with Gasteiger partial charge in [0.2, 0.25) is 0 Å². The van der Waals surface area contributed by atoms with E-state index in [0.717, 1.165) is 30.6 Å². The maximum Gasteiger partial charge on any atom is 0.127 e. The number of nitrogens with one attached hydrogen (secondary N) is 1. The molecule has 2 aliphatic rings. The van der Waals surface area contributed by atoms with Crippen molar-refractivity contribution in [3.05, 3.63) is 35.1 Å². The lowest BCUT2D eigenvalue weighted by Crippen LogP contribution is -2.48. The predicted molar refractivity (Wildman–Crippen MR) is 84.8 cm³/mol. The molecule has 2 nitrogen and oxygen atoms in total. The van der Waals surface area contributed by atoms with Gasteiger partial charge in [-0.3, -0.25) is 4.90 Å². The number of hydrogen-bond acceptors (Lipinski definition) is 2. The Morgan fingerprint density at radius 1 is 1.24 bits per heavy atom. The molecule has 0 aromatic heterocycles. The van der Waals surface area contributed by atoms with Gasteiger partial charge in [-0.05, 0) is 51.6 Å². The van der Waals surface area contributed by atoms with Gasteiger partial charge < -0.3 is 5.32 Å². The lowest BCUT2D eigenvalue weighted by atomic mass is 9.97. The topological polar surface area (TPSA) is 15.3 Å². The summed E-state index contributed by atoms with van der Waals surface area (Å²) in [6.07, 6.45) is 6.22. The second kappa shape index (κ2) is 6.45. The zero-order valence-electron chi connectivity index (χ0n) is 13.2. The first-order chi connectivity index (χ1) is 10.2. The molecule has 0 spiro atoms. The normalized spacial score (nSPS) is 28.3. The van der Waals surface area contributed by atoms with Crippen molar-refractivity contribution in [1.29, 1.82) is 0 Å². The van der Waals surface area contributed by atoms with E-state index >= 15 is 0 Å². The van der Waals surface area contributed by atoms with Crippen LogP contribution in [0.3, 0.4) is 0 Å². The van der Waals surface area contributed by atoms with Gasteiger partial charge in [-0.15, -0.1) is 0 Å². The summed E-state index contributed by atoms with van der Waals surface area (Å²) in [5.41, 5.74) is 2.00. The number of hydrogen-bond donors (Lipinski definition) is 1. The van der Waals surface area contributed by atoms with Crippen LogP contribution >= 0.6 is 0 Å². The monoisotopic (exact) mass is 290 g/mol. The van der Waals surface area contributed by atoms with E-state index in [0.29, 0.717) is 18.1 Å². The van der Waals surface area contributed by atoms with Gasteiger partial charge in [-0.25, -0.2) is 4.39 Å². The second-order valence-electron chi connectivity index (χ2n) is 6.83. The predicted octanol–water partition coefficient (Wildman–Crippen LogP) is 3.63. The number of rotatable bonds is 5. The summed E-state index contributed by atoms with van der Waals surface area (Å²) in [4.78, 5) is 2.52. The van der Waals surface area contributed by atoms with Crippen molar-refractivity contribution in [2.24, 2.45) is 0 Å². The molecular formula is C18H27FN2.